The Hall–Kier alpha value is -0.570. The summed E-state index contributed by atoms with van der Waals surface area (Å²) in [6.07, 6.45) is 5.78. The van der Waals surface area contributed by atoms with Gasteiger partial charge in [-0.15, -0.1) is 0 Å². The number of rotatable bonds is 2. The lowest BCUT2D eigenvalue weighted by Crippen LogP contribution is -2.45. The van der Waals surface area contributed by atoms with Crippen LogP contribution < -0.4 is 5.32 Å². The van der Waals surface area contributed by atoms with Gasteiger partial charge in [-0.2, -0.15) is 0 Å². The van der Waals surface area contributed by atoms with E-state index in [0.29, 0.717) is 0 Å². The quantitative estimate of drug-likeness (QED) is 0.665. The fourth-order valence-electron chi connectivity index (χ4n) is 1.93. The van der Waals surface area contributed by atoms with Gasteiger partial charge < -0.3 is 10.4 Å². The van der Waals surface area contributed by atoms with Crippen LogP contribution >= 0.6 is 0 Å². The van der Waals surface area contributed by atoms with E-state index in [4.69, 9.17) is 0 Å². The third-order valence-corrected chi connectivity index (χ3v) is 3.01. The van der Waals surface area contributed by atoms with Crippen LogP contribution in [0, 0.1) is 5.92 Å². The van der Waals surface area contributed by atoms with Crippen LogP contribution in [0.3, 0.4) is 0 Å². The van der Waals surface area contributed by atoms with Crippen molar-refractivity contribution in [2.75, 3.05) is 0 Å². The summed E-state index contributed by atoms with van der Waals surface area (Å²) in [5.74, 6) is 0.417. The van der Waals surface area contributed by atoms with Gasteiger partial charge in [-0.1, -0.05) is 12.8 Å². The van der Waals surface area contributed by atoms with Gasteiger partial charge in [0.15, 0.2) is 0 Å². The van der Waals surface area contributed by atoms with Crippen molar-refractivity contribution in [3.63, 3.8) is 0 Å². The molecule has 13 heavy (non-hydrogen) atoms. The highest BCUT2D eigenvalue weighted by atomic mass is 16.3. The average Bonchev–Trinajstić information content (AvgIpc) is 2.91. The monoisotopic (exact) mass is 183 g/mol. The highest BCUT2D eigenvalue weighted by Gasteiger charge is 2.33. The highest BCUT2D eigenvalue weighted by molar-refractivity contribution is 5.81. The molecule has 0 heterocycles. The van der Waals surface area contributed by atoms with Gasteiger partial charge >= 0.3 is 0 Å². The van der Waals surface area contributed by atoms with Crippen LogP contribution in [0.1, 0.15) is 38.5 Å². The molecule has 0 aromatic rings. The van der Waals surface area contributed by atoms with Crippen LogP contribution in [0.4, 0.5) is 0 Å². The average molecular weight is 183 g/mol. The third-order valence-electron chi connectivity index (χ3n) is 3.01. The van der Waals surface area contributed by atoms with E-state index in [1.165, 1.54) is 0 Å². The second-order valence-electron chi connectivity index (χ2n) is 4.24. The molecule has 0 saturated heterocycles. The van der Waals surface area contributed by atoms with Crippen LogP contribution in [0.2, 0.25) is 0 Å². The maximum atomic E-state index is 11.4. The van der Waals surface area contributed by atoms with E-state index in [0.717, 1.165) is 38.5 Å². The summed E-state index contributed by atoms with van der Waals surface area (Å²) in [6.45, 7) is 0. The molecule has 2 fully saturated rings. The first-order chi connectivity index (χ1) is 6.27. The molecule has 2 N–H and O–H groups in total. The molecule has 3 heteroatoms. The zero-order valence-electron chi connectivity index (χ0n) is 7.83. The molecule has 0 radical (unpaired) electrons. The zero-order chi connectivity index (χ0) is 9.26. The fourth-order valence-corrected chi connectivity index (χ4v) is 1.93. The minimum absolute atomic E-state index is 0.0295. The van der Waals surface area contributed by atoms with E-state index in [1.54, 1.807) is 0 Å². The topological polar surface area (TPSA) is 49.3 Å². The molecular formula is C10H17NO2. The lowest BCUT2D eigenvalue weighted by Gasteiger charge is -2.28. The first kappa shape index (κ1) is 9.00. The van der Waals surface area contributed by atoms with Gasteiger partial charge in [-0.25, -0.2) is 0 Å². The van der Waals surface area contributed by atoms with Gasteiger partial charge in [0.2, 0.25) is 5.91 Å². The lowest BCUT2D eigenvalue weighted by molar-refractivity contribution is -0.124. The molecule has 0 aromatic heterocycles. The Morgan fingerprint density at radius 3 is 2.46 bits per heavy atom. The molecule has 2 atom stereocenters. The second kappa shape index (κ2) is 3.66. The van der Waals surface area contributed by atoms with Gasteiger partial charge in [0.25, 0.3) is 0 Å². The number of carbonyl (C=O) groups excluding carboxylic acids is 1. The van der Waals surface area contributed by atoms with E-state index < -0.39 is 0 Å². The van der Waals surface area contributed by atoms with Crippen molar-refractivity contribution in [1.29, 1.82) is 0 Å². The number of aliphatic hydroxyl groups is 1. The van der Waals surface area contributed by atoms with E-state index in [2.05, 4.69) is 5.32 Å². The normalized spacial score (nSPS) is 34.2. The molecule has 3 nitrogen and oxygen atoms in total. The minimum Gasteiger partial charge on any atom is -0.391 e. The lowest BCUT2D eigenvalue weighted by atomic mass is 9.92. The SMILES string of the molecule is O=C(N[C@@H]1CCCC[C@@H]1O)C1CC1. The molecule has 0 spiro atoms. The van der Waals surface area contributed by atoms with Gasteiger partial charge in [0, 0.05) is 5.92 Å². The van der Waals surface area contributed by atoms with Crippen LogP contribution in [0.5, 0.6) is 0 Å². The molecule has 2 aliphatic rings. The van der Waals surface area contributed by atoms with Crippen LogP contribution in [-0.4, -0.2) is 23.2 Å². The third kappa shape index (κ3) is 2.21. The first-order valence-electron chi connectivity index (χ1n) is 5.26. The van der Waals surface area contributed by atoms with Crippen molar-refractivity contribution in [2.24, 2.45) is 5.92 Å². The molecular weight excluding hydrogens is 166 g/mol. The first-order valence-corrected chi connectivity index (χ1v) is 5.26. The molecule has 74 valence electrons. The Kier molecular flexibility index (Phi) is 2.54. The summed E-state index contributed by atoms with van der Waals surface area (Å²) in [5, 5.41) is 12.5. The van der Waals surface area contributed by atoms with Crippen molar-refractivity contribution in [3.05, 3.63) is 0 Å². The number of hydrogen-bond donors (Lipinski definition) is 2. The Bertz CT molecular complexity index is 201. The molecule has 0 aromatic carbocycles. The number of amides is 1. The molecule has 1 amide bonds. The van der Waals surface area contributed by atoms with Crippen molar-refractivity contribution < 1.29 is 9.90 Å². The Morgan fingerprint density at radius 2 is 1.85 bits per heavy atom. The van der Waals surface area contributed by atoms with Gasteiger partial charge in [0.1, 0.15) is 0 Å². The molecule has 2 rings (SSSR count). The van der Waals surface area contributed by atoms with E-state index in [1.807, 2.05) is 0 Å². The largest absolute Gasteiger partial charge is 0.391 e. The van der Waals surface area contributed by atoms with Gasteiger partial charge in [-0.3, -0.25) is 4.79 Å². The summed E-state index contributed by atoms with van der Waals surface area (Å²) in [6, 6.07) is 0.0295. The molecule has 2 aliphatic carbocycles. The summed E-state index contributed by atoms with van der Waals surface area (Å²) in [4.78, 5) is 11.4. The maximum Gasteiger partial charge on any atom is 0.223 e. The highest BCUT2D eigenvalue weighted by Crippen LogP contribution is 2.29. The summed E-state index contributed by atoms with van der Waals surface area (Å²) in [5.41, 5.74) is 0. The van der Waals surface area contributed by atoms with Crippen LogP contribution in [0.25, 0.3) is 0 Å². The second-order valence-corrected chi connectivity index (χ2v) is 4.24. The van der Waals surface area contributed by atoms with E-state index >= 15 is 0 Å². The van der Waals surface area contributed by atoms with Gasteiger partial charge in [-0.05, 0) is 25.7 Å². The van der Waals surface area contributed by atoms with Crippen LogP contribution in [0.15, 0.2) is 0 Å². The summed E-state index contributed by atoms with van der Waals surface area (Å²) in [7, 11) is 0. The number of carbonyl (C=O) groups is 1. The molecule has 0 unspecified atom stereocenters. The van der Waals surface area contributed by atoms with Crippen molar-refractivity contribution in [1.82, 2.24) is 5.32 Å². The van der Waals surface area contributed by atoms with Crippen molar-refractivity contribution in [3.8, 4) is 0 Å². The molecule has 0 bridgehead atoms. The summed E-state index contributed by atoms with van der Waals surface area (Å²) < 4.78 is 0. The Labute approximate surface area is 78.5 Å². The number of aliphatic hydroxyl groups excluding tert-OH is 1. The smallest absolute Gasteiger partial charge is 0.223 e. The number of nitrogens with one attached hydrogen (secondary N) is 1. The Balaban J connectivity index is 1.81. The molecule has 0 aliphatic heterocycles. The standard InChI is InChI=1S/C10H17NO2/c12-9-4-2-1-3-8(9)11-10(13)7-5-6-7/h7-9,12H,1-6H2,(H,11,13)/t8-,9+/m1/s1. The zero-order valence-corrected chi connectivity index (χ0v) is 7.83. The van der Waals surface area contributed by atoms with Crippen LogP contribution in [-0.2, 0) is 4.79 Å². The maximum absolute atomic E-state index is 11.4. The fraction of sp³-hybridized carbons (Fsp3) is 0.900. The van der Waals surface area contributed by atoms with E-state index in [-0.39, 0.29) is 24.0 Å². The predicted octanol–water partition coefficient (Wildman–Crippen LogP) is 0.816. The van der Waals surface area contributed by atoms with Crippen molar-refractivity contribution in [2.45, 2.75) is 50.7 Å². The Morgan fingerprint density at radius 1 is 1.15 bits per heavy atom. The predicted molar refractivity (Wildman–Crippen MR) is 49.1 cm³/mol. The molecule has 2 saturated carbocycles. The minimum atomic E-state index is -0.309. The van der Waals surface area contributed by atoms with Crippen molar-refractivity contribution >= 4 is 5.91 Å². The van der Waals surface area contributed by atoms with Gasteiger partial charge in [0.05, 0.1) is 12.1 Å². The number of hydrogen-bond acceptors (Lipinski definition) is 2. The van der Waals surface area contributed by atoms with E-state index in [9.17, 15) is 9.90 Å². The summed E-state index contributed by atoms with van der Waals surface area (Å²) >= 11 is 0.